The van der Waals surface area contributed by atoms with Crippen molar-refractivity contribution in [3.63, 3.8) is 0 Å². The number of amidine groups is 1. The van der Waals surface area contributed by atoms with Gasteiger partial charge in [-0.25, -0.2) is 10.8 Å². The molecule has 0 unspecified atom stereocenters. The summed E-state index contributed by atoms with van der Waals surface area (Å²) in [6.07, 6.45) is 0. The third-order valence-electron chi connectivity index (χ3n) is 1.29. The van der Waals surface area contributed by atoms with Gasteiger partial charge in [0, 0.05) is 5.69 Å². The smallest absolute Gasteiger partial charge is 0.158 e. The second-order valence-electron chi connectivity index (χ2n) is 2.18. The number of rotatable bonds is 1. The van der Waals surface area contributed by atoms with Crippen molar-refractivity contribution >= 4 is 5.84 Å². The molecule has 1 rings (SSSR count). The molecule has 0 bridgehead atoms. The summed E-state index contributed by atoms with van der Waals surface area (Å²) in [4.78, 5) is 4.08. The molecule has 0 atom stereocenters. The Morgan fingerprint density at radius 3 is 2.91 bits per heavy atom. The Hall–Kier alpha value is -1.42. The topological polar surface area (TPSA) is 74.8 Å². The van der Waals surface area contributed by atoms with Gasteiger partial charge in [-0.1, -0.05) is 6.07 Å². The Labute approximate surface area is 64.9 Å². The van der Waals surface area contributed by atoms with E-state index in [1.165, 1.54) is 0 Å². The highest BCUT2D eigenvalue weighted by molar-refractivity contribution is 5.93. The van der Waals surface area contributed by atoms with Gasteiger partial charge in [0.25, 0.3) is 0 Å². The molecule has 1 aromatic rings. The summed E-state index contributed by atoms with van der Waals surface area (Å²) in [6, 6.07) is 5.44. The standard InChI is InChI=1S/C7H10N4/c1-5-3-2-4-6(10-5)7(8)11-9/h2-4H,9H2,1H3,(H2,8,11). The highest BCUT2D eigenvalue weighted by Gasteiger charge is 1.98. The largest absolute Gasteiger partial charge is 0.307 e. The van der Waals surface area contributed by atoms with Gasteiger partial charge in [-0.2, -0.15) is 0 Å². The average molecular weight is 150 g/mol. The lowest BCUT2D eigenvalue weighted by atomic mass is 10.3. The highest BCUT2D eigenvalue weighted by Crippen LogP contribution is 1.96. The molecule has 4 heteroatoms. The molecule has 1 heterocycles. The summed E-state index contributed by atoms with van der Waals surface area (Å²) in [6.45, 7) is 1.87. The van der Waals surface area contributed by atoms with Crippen molar-refractivity contribution in [1.82, 2.24) is 10.4 Å². The van der Waals surface area contributed by atoms with E-state index in [4.69, 9.17) is 11.3 Å². The quantitative estimate of drug-likeness (QED) is 0.231. The molecule has 0 amide bonds. The lowest BCUT2D eigenvalue weighted by Gasteiger charge is -2.01. The summed E-state index contributed by atoms with van der Waals surface area (Å²) < 4.78 is 0. The van der Waals surface area contributed by atoms with Crippen LogP contribution < -0.4 is 11.3 Å². The molecule has 0 aromatic carbocycles. The van der Waals surface area contributed by atoms with E-state index in [0.29, 0.717) is 5.69 Å². The molecule has 4 N–H and O–H groups in total. The number of aromatic nitrogens is 1. The van der Waals surface area contributed by atoms with Crippen LogP contribution in [0.15, 0.2) is 18.2 Å². The fourth-order valence-corrected chi connectivity index (χ4v) is 0.756. The molecule has 0 radical (unpaired) electrons. The van der Waals surface area contributed by atoms with E-state index in [-0.39, 0.29) is 5.84 Å². The lowest BCUT2D eigenvalue weighted by Crippen LogP contribution is -2.30. The van der Waals surface area contributed by atoms with Crippen molar-refractivity contribution in [2.75, 3.05) is 0 Å². The molecular formula is C7H10N4. The number of pyridine rings is 1. The van der Waals surface area contributed by atoms with Gasteiger partial charge in [0.2, 0.25) is 0 Å². The molecular weight excluding hydrogens is 140 g/mol. The van der Waals surface area contributed by atoms with E-state index in [1.807, 2.05) is 19.1 Å². The molecule has 0 spiro atoms. The van der Waals surface area contributed by atoms with Crippen molar-refractivity contribution in [3.05, 3.63) is 29.6 Å². The van der Waals surface area contributed by atoms with Crippen LogP contribution in [0.1, 0.15) is 11.4 Å². The van der Waals surface area contributed by atoms with Crippen molar-refractivity contribution in [2.24, 2.45) is 5.84 Å². The minimum absolute atomic E-state index is 0.133. The fraction of sp³-hybridized carbons (Fsp3) is 0.143. The first-order chi connectivity index (χ1) is 5.24. The van der Waals surface area contributed by atoms with Gasteiger partial charge in [0.15, 0.2) is 5.84 Å². The maximum absolute atomic E-state index is 7.28. The van der Waals surface area contributed by atoms with Crippen LogP contribution in [-0.2, 0) is 0 Å². The van der Waals surface area contributed by atoms with Crippen LogP contribution >= 0.6 is 0 Å². The maximum Gasteiger partial charge on any atom is 0.158 e. The van der Waals surface area contributed by atoms with Gasteiger partial charge in [-0.15, -0.1) is 0 Å². The third-order valence-corrected chi connectivity index (χ3v) is 1.29. The molecule has 0 aliphatic carbocycles. The van der Waals surface area contributed by atoms with Gasteiger partial charge in [0.1, 0.15) is 5.69 Å². The summed E-state index contributed by atoms with van der Waals surface area (Å²) >= 11 is 0. The molecule has 0 aliphatic rings. The van der Waals surface area contributed by atoms with Crippen LogP contribution in [0.3, 0.4) is 0 Å². The van der Waals surface area contributed by atoms with E-state index in [9.17, 15) is 0 Å². The Balaban J connectivity index is 2.96. The summed E-state index contributed by atoms with van der Waals surface area (Å²) in [5.41, 5.74) is 3.67. The molecule has 11 heavy (non-hydrogen) atoms. The second kappa shape index (κ2) is 3.12. The van der Waals surface area contributed by atoms with Crippen molar-refractivity contribution < 1.29 is 0 Å². The normalized spacial score (nSPS) is 9.27. The van der Waals surface area contributed by atoms with E-state index in [1.54, 1.807) is 6.07 Å². The summed E-state index contributed by atoms with van der Waals surface area (Å²) in [7, 11) is 0. The summed E-state index contributed by atoms with van der Waals surface area (Å²) in [5, 5.41) is 7.28. The van der Waals surface area contributed by atoms with Gasteiger partial charge < -0.3 is 5.43 Å². The molecule has 4 nitrogen and oxygen atoms in total. The van der Waals surface area contributed by atoms with Gasteiger partial charge in [-0.05, 0) is 19.1 Å². The van der Waals surface area contributed by atoms with Gasteiger partial charge in [0.05, 0.1) is 0 Å². The first kappa shape index (κ1) is 7.68. The van der Waals surface area contributed by atoms with Crippen molar-refractivity contribution in [3.8, 4) is 0 Å². The van der Waals surface area contributed by atoms with Crippen LogP contribution in [0.5, 0.6) is 0 Å². The second-order valence-corrected chi connectivity index (χ2v) is 2.18. The van der Waals surface area contributed by atoms with E-state index < -0.39 is 0 Å². The number of nitrogens with zero attached hydrogens (tertiary/aromatic N) is 1. The van der Waals surface area contributed by atoms with Crippen molar-refractivity contribution in [1.29, 1.82) is 5.41 Å². The number of nitrogens with one attached hydrogen (secondary N) is 2. The van der Waals surface area contributed by atoms with E-state index in [0.717, 1.165) is 5.69 Å². The number of hydrogen-bond acceptors (Lipinski definition) is 3. The molecule has 0 aliphatic heterocycles. The zero-order valence-electron chi connectivity index (χ0n) is 6.26. The zero-order chi connectivity index (χ0) is 8.27. The molecule has 0 fully saturated rings. The average Bonchev–Trinajstić information content (AvgIpc) is 2.03. The molecule has 0 saturated heterocycles. The number of hydrogen-bond donors (Lipinski definition) is 3. The minimum Gasteiger partial charge on any atom is -0.307 e. The van der Waals surface area contributed by atoms with Gasteiger partial charge >= 0.3 is 0 Å². The fourth-order valence-electron chi connectivity index (χ4n) is 0.756. The van der Waals surface area contributed by atoms with Crippen LogP contribution in [0.25, 0.3) is 0 Å². The van der Waals surface area contributed by atoms with Crippen LogP contribution in [0.4, 0.5) is 0 Å². The molecule has 1 aromatic heterocycles. The maximum atomic E-state index is 7.28. The first-order valence-electron chi connectivity index (χ1n) is 3.23. The number of nitrogens with two attached hydrogens (primary N) is 1. The first-order valence-corrected chi connectivity index (χ1v) is 3.23. The third kappa shape index (κ3) is 1.75. The predicted molar refractivity (Wildman–Crippen MR) is 43.1 cm³/mol. The lowest BCUT2D eigenvalue weighted by molar-refractivity contribution is 0.995. The Bertz CT molecular complexity index is 269. The van der Waals surface area contributed by atoms with Crippen LogP contribution in [-0.4, -0.2) is 10.8 Å². The van der Waals surface area contributed by atoms with Crippen LogP contribution in [0, 0.1) is 12.3 Å². The van der Waals surface area contributed by atoms with Crippen LogP contribution in [0.2, 0.25) is 0 Å². The van der Waals surface area contributed by atoms with E-state index in [2.05, 4.69) is 10.4 Å². The number of aryl methyl sites for hydroxylation is 1. The Morgan fingerprint density at radius 1 is 1.64 bits per heavy atom. The Kier molecular flexibility index (Phi) is 2.18. The van der Waals surface area contributed by atoms with Crippen molar-refractivity contribution in [2.45, 2.75) is 6.92 Å². The molecule has 0 saturated carbocycles. The zero-order valence-corrected chi connectivity index (χ0v) is 6.26. The summed E-state index contributed by atoms with van der Waals surface area (Å²) in [5.74, 6) is 5.17. The predicted octanol–water partition coefficient (Wildman–Crippen LogP) is 0.179. The Morgan fingerprint density at radius 2 is 2.36 bits per heavy atom. The minimum atomic E-state index is 0.133. The monoisotopic (exact) mass is 150 g/mol. The van der Waals surface area contributed by atoms with Gasteiger partial charge in [-0.3, -0.25) is 5.41 Å². The molecule has 58 valence electrons. The number of hydrazine groups is 1. The SMILES string of the molecule is Cc1cccc(C(=N)NN)n1. The van der Waals surface area contributed by atoms with E-state index >= 15 is 0 Å². The highest BCUT2D eigenvalue weighted by atomic mass is 15.2.